The molecule has 6 rings (SSSR count). The maximum Gasteiger partial charge on any atom is 0.0600 e. The molecule has 0 radical (unpaired) electrons. The van der Waals surface area contributed by atoms with E-state index in [1.54, 1.807) is 19.3 Å². The molecule has 0 bridgehead atoms. The maximum absolute atomic E-state index is 4.25. The summed E-state index contributed by atoms with van der Waals surface area (Å²) < 4.78 is 0. The average Bonchev–Trinajstić information content (AvgIpc) is 3.81. The van der Waals surface area contributed by atoms with Gasteiger partial charge in [0.05, 0.1) is 6.17 Å². The van der Waals surface area contributed by atoms with Crippen LogP contribution in [0.4, 0.5) is 0 Å². The molecule has 6 aliphatic rings. The predicted molar refractivity (Wildman–Crippen MR) is 280 cm³/mol. The van der Waals surface area contributed by atoms with Gasteiger partial charge in [-0.05, 0) is 180 Å². The number of likely N-dealkylation sites (N-methyl/N-ethyl adjacent to an activating group) is 1. The van der Waals surface area contributed by atoms with Crippen LogP contribution in [0.3, 0.4) is 0 Å². The molecule has 0 amide bonds. The first-order valence-corrected chi connectivity index (χ1v) is 30.3. The summed E-state index contributed by atoms with van der Waals surface area (Å²) in [5.41, 5.74) is 0. The summed E-state index contributed by atoms with van der Waals surface area (Å²) in [5.74, 6) is 12.2. The first-order valence-electron chi connectivity index (χ1n) is 30.3. The average molecular weight is 892 g/mol. The number of nitrogens with zero attached hydrogens (tertiary/aromatic N) is 1. The zero-order valence-electron chi connectivity index (χ0n) is 44.3. The Morgan fingerprint density at radius 2 is 1.08 bits per heavy atom. The topological polar surface area (TPSA) is 39.3 Å². The van der Waals surface area contributed by atoms with Crippen LogP contribution in [0, 0.1) is 76.9 Å². The molecule has 6 fully saturated rings. The monoisotopic (exact) mass is 891 g/mol. The fourth-order valence-electron chi connectivity index (χ4n) is 17.1. The lowest BCUT2D eigenvalue weighted by molar-refractivity contribution is -0.0187. The third-order valence-electron chi connectivity index (χ3n) is 20.5. The largest absolute Gasteiger partial charge is 0.315 e. The van der Waals surface area contributed by atoms with Crippen molar-refractivity contribution in [2.45, 2.75) is 272 Å². The first-order chi connectivity index (χ1) is 31.4. The van der Waals surface area contributed by atoms with Crippen molar-refractivity contribution >= 4 is 0 Å². The molecule has 4 aliphatic carbocycles. The molecule has 374 valence electrons. The second-order valence-electron chi connectivity index (χ2n) is 24.5. The van der Waals surface area contributed by atoms with Crippen molar-refractivity contribution in [2.75, 3.05) is 32.7 Å². The molecule has 13 unspecified atom stereocenters. The van der Waals surface area contributed by atoms with Gasteiger partial charge in [-0.25, -0.2) is 0 Å². The van der Waals surface area contributed by atoms with Crippen LogP contribution < -0.4 is 16.0 Å². The highest BCUT2D eigenvalue weighted by molar-refractivity contribution is 4.97. The van der Waals surface area contributed by atoms with E-state index in [4.69, 9.17) is 0 Å². The van der Waals surface area contributed by atoms with Crippen LogP contribution in [-0.4, -0.2) is 55.9 Å². The van der Waals surface area contributed by atoms with Gasteiger partial charge in [-0.1, -0.05) is 170 Å². The molecule has 2 heterocycles. The van der Waals surface area contributed by atoms with Crippen molar-refractivity contribution in [3.05, 3.63) is 0 Å². The third kappa shape index (κ3) is 15.2. The molecule has 0 aromatic rings. The van der Waals surface area contributed by atoms with Crippen LogP contribution in [0.1, 0.15) is 254 Å². The number of nitrogens with one attached hydrogen (secondary N) is 3. The molecule has 4 nitrogen and oxygen atoms in total. The Morgan fingerprint density at radius 1 is 0.516 bits per heavy atom. The summed E-state index contributed by atoms with van der Waals surface area (Å²) >= 11 is 0. The van der Waals surface area contributed by atoms with Gasteiger partial charge in [-0.2, -0.15) is 0 Å². The van der Waals surface area contributed by atoms with E-state index in [1.165, 1.54) is 219 Å². The SMILES string of the molecule is CCCC(C(C)CCC(C)C1CN(CC)C(CCC2CCCCC2)N1)C1CCCCC1C(CCC)C(CCC)C1CCCCC1C(CCC)C1CCC(C2CNCCCCCN2)CC1. The van der Waals surface area contributed by atoms with Gasteiger partial charge < -0.3 is 10.6 Å². The van der Waals surface area contributed by atoms with E-state index in [2.05, 4.69) is 69.3 Å². The normalized spacial score (nSPS) is 34.8. The van der Waals surface area contributed by atoms with Crippen molar-refractivity contribution in [1.82, 2.24) is 20.9 Å². The number of hydrogen-bond donors (Lipinski definition) is 3. The lowest BCUT2D eigenvalue weighted by Gasteiger charge is -2.51. The Kier molecular flexibility index (Phi) is 24.2. The van der Waals surface area contributed by atoms with Gasteiger partial charge in [-0.15, -0.1) is 0 Å². The van der Waals surface area contributed by atoms with Gasteiger partial charge in [0.1, 0.15) is 0 Å². The highest BCUT2D eigenvalue weighted by Gasteiger charge is 2.46. The minimum absolute atomic E-state index is 0.621. The van der Waals surface area contributed by atoms with Crippen molar-refractivity contribution in [3.63, 3.8) is 0 Å². The van der Waals surface area contributed by atoms with Crippen LogP contribution in [0.2, 0.25) is 0 Å². The van der Waals surface area contributed by atoms with Gasteiger partial charge in [0.25, 0.3) is 0 Å². The molecule has 4 heteroatoms. The van der Waals surface area contributed by atoms with Crippen LogP contribution in [0.5, 0.6) is 0 Å². The Bertz CT molecular complexity index is 1180. The quantitative estimate of drug-likeness (QED) is 0.0903. The predicted octanol–water partition coefficient (Wildman–Crippen LogP) is 15.8. The zero-order chi connectivity index (χ0) is 45.1. The molecule has 64 heavy (non-hydrogen) atoms. The Balaban J connectivity index is 1.12. The third-order valence-corrected chi connectivity index (χ3v) is 20.5. The summed E-state index contributed by atoms with van der Waals surface area (Å²) in [7, 11) is 0. The molecule has 4 saturated carbocycles. The van der Waals surface area contributed by atoms with Gasteiger partial charge in [0.2, 0.25) is 0 Å². The van der Waals surface area contributed by atoms with Crippen LogP contribution >= 0.6 is 0 Å². The number of rotatable bonds is 24. The smallest absolute Gasteiger partial charge is 0.0600 e. The van der Waals surface area contributed by atoms with Crippen molar-refractivity contribution < 1.29 is 0 Å². The van der Waals surface area contributed by atoms with Gasteiger partial charge in [0, 0.05) is 25.2 Å². The molecule has 0 spiro atoms. The van der Waals surface area contributed by atoms with Crippen LogP contribution in [0.15, 0.2) is 0 Å². The van der Waals surface area contributed by atoms with Crippen LogP contribution in [-0.2, 0) is 0 Å². The van der Waals surface area contributed by atoms with E-state index >= 15 is 0 Å². The maximum atomic E-state index is 4.25. The molecule has 0 aromatic carbocycles. The lowest BCUT2D eigenvalue weighted by Crippen LogP contribution is -2.46. The van der Waals surface area contributed by atoms with Crippen molar-refractivity contribution in [1.29, 1.82) is 0 Å². The van der Waals surface area contributed by atoms with Crippen molar-refractivity contribution in [2.24, 2.45) is 76.9 Å². The molecular formula is C60H114N4. The Labute approximate surface area is 401 Å². The minimum atomic E-state index is 0.621. The van der Waals surface area contributed by atoms with Crippen LogP contribution in [0.25, 0.3) is 0 Å². The van der Waals surface area contributed by atoms with Gasteiger partial charge in [0.15, 0.2) is 0 Å². The fourth-order valence-corrected chi connectivity index (χ4v) is 17.1. The minimum Gasteiger partial charge on any atom is -0.315 e. The molecule has 2 saturated heterocycles. The van der Waals surface area contributed by atoms with Gasteiger partial charge >= 0.3 is 0 Å². The molecule has 13 atom stereocenters. The molecule has 2 aliphatic heterocycles. The molecule has 3 N–H and O–H groups in total. The first kappa shape index (κ1) is 53.2. The fraction of sp³-hybridized carbons (Fsp3) is 1.00. The zero-order valence-corrected chi connectivity index (χ0v) is 44.3. The van der Waals surface area contributed by atoms with Crippen molar-refractivity contribution in [3.8, 4) is 0 Å². The highest BCUT2D eigenvalue weighted by atomic mass is 15.3. The van der Waals surface area contributed by atoms with Gasteiger partial charge in [-0.3, -0.25) is 10.2 Å². The molecular weight excluding hydrogens is 777 g/mol. The Hall–Kier alpha value is -0.160. The summed E-state index contributed by atoms with van der Waals surface area (Å²) in [6, 6.07) is 1.38. The molecule has 0 aromatic heterocycles. The second-order valence-corrected chi connectivity index (χ2v) is 24.5. The summed E-state index contributed by atoms with van der Waals surface area (Å²) in [5, 5.41) is 12.2. The summed E-state index contributed by atoms with van der Waals surface area (Å²) in [6.07, 6.45) is 47.6. The standard InChI is InChI=1S/C60H114N4/c1-8-23-50(45(6)33-34-46(7)59-44-64(12-5)60(63-59)40-35-47-27-15-13-16-28-47)54-29-17-19-31-56(54)52(25-10-3)53(26-11-4)57-32-20-18-30-55(57)51(24-9-2)48-36-38-49(39-37-48)58-43-61-41-21-14-22-42-62-58/h45-63H,8-44H2,1-7H3. The van der Waals surface area contributed by atoms with E-state index in [9.17, 15) is 0 Å². The van der Waals surface area contributed by atoms with E-state index in [0.717, 1.165) is 76.9 Å². The Morgan fingerprint density at radius 3 is 1.72 bits per heavy atom. The van der Waals surface area contributed by atoms with E-state index in [0.29, 0.717) is 18.2 Å². The van der Waals surface area contributed by atoms with E-state index in [1.807, 2.05) is 0 Å². The summed E-state index contributed by atoms with van der Waals surface area (Å²) in [6.45, 7) is 24.1. The highest BCUT2D eigenvalue weighted by Crippen LogP contribution is 2.55. The summed E-state index contributed by atoms with van der Waals surface area (Å²) in [4.78, 5) is 2.81. The number of hydrogen-bond acceptors (Lipinski definition) is 4. The second kappa shape index (κ2) is 29.1. The lowest BCUT2D eigenvalue weighted by atomic mass is 9.54. The van der Waals surface area contributed by atoms with E-state index < -0.39 is 0 Å². The van der Waals surface area contributed by atoms with E-state index in [-0.39, 0.29) is 0 Å².